The van der Waals surface area contributed by atoms with Crippen molar-refractivity contribution in [3.05, 3.63) is 59.9 Å². The zero-order chi connectivity index (χ0) is 15.4. The van der Waals surface area contributed by atoms with Gasteiger partial charge in [-0.25, -0.2) is 9.82 Å². The van der Waals surface area contributed by atoms with Crippen molar-refractivity contribution in [2.75, 3.05) is 6.61 Å². The Morgan fingerprint density at radius 2 is 1.91 bits per heavy atom. The Morgan fingerprint density at radius 3 is 2.73 bits per heavy atom. The normalized spacial score (nSPS) is 16.5. The highest BCUT2D eigenvalue weighted by Crippen LogP contribution is 2.30. The van der Waals surface area contributed by atoms with Crippen molar-refractivity contribution in [3.8, 4) is 11.5 Å². The summed E-state index contributed by atoms with van der Waals surface area (Å²) in [6.45, 7) is 0.0953. The van der Waals surface area contributed by atoms with E-state index in [0.29, 0.717) is 11.5 Å². The molecule has 1 amide bonds. The molecule has 2 aromatic carbocycles. The van der Waals surface area contributed by atoms with E-state index in [0.717, 1.165) is 0 Å². The van der Waals surface area contributed by atoms with E-state index >= 15 is 0 Å². The van der Waals surface area contributed by atoms with Gasteiger partial charge >= 0.3 is 0 Å². The van der Waals surface area contributed by atoms with Crippen molar-refractivity contribution >= 4 is 12.1 Å². The first kappa shape index (κ1) is 14.1. The maximum atomic E-state index is 13.4. The summed E-state index contributed by atoms with van der Waals surface area (Å²) < 4.78 is 24.4. The van der Waals surface area contributed by atoms with Gasteiger partial charge in [-0.1, -0.05) is 30.3 Å². The summed E-state index contributed by atoms with van der Waals surface area (Å²) in [5.41, 5.74) is 2.60. The minimum absolute atomic E-state index is 0.0953. The largest absolute Gasteiger partial charge is 0.485 e. The summed E-state index contributed by atoms with van der Waals surface area (Å²) in [6, 6.07) is 13.2. The van der Waals surface area contributed by atoms with Crippen LogP contribution >= 0.6 is 0 Å². The lowest BCUT2D eigenvalue weighted by atomic mass is 10.2. The Hall–Kier alpha value is -2.89. The topological polar surface area (TPSA) is 59.9 Å². The molecule has 2 aromatic rings. The summed E-state index contributed by atoms with van der Waals surface area (Å²) >= 11 is 0. The predicted octanol–water partition coefficient (Wildman–Crippen LogP) is 2.12. The van der Waals surface area contributed by atoms with Gasteiger partial charge in [0, 0.05) is 5.56 Å². The average molecular weight is 300 g/mol. The molecule has 0 radical (unpaired) electrons. The van der Waals surface area contributed by atoms with Gasteiger partial charge in [0.2, 0.25) is 6.10 Å². The van der Waals surface area contributed by atoms with Crippen LogP contribution in [0.15, 0.2) is 53.6 Å². The molecule has 6 heteroatoms. The molecule has 1 heterocycles. The van der Waals surface area contributed by atoms with Crippen LogP contribution in [0.4, 0.5) is 4.39 Å². The second-order valence-electron chi connectivity index (χ2n) is 4.62. The fourth-order valence-corrected chi connectivity index (χ4v) is 1.97. The van der Waals surface area contributed by atoms with E-state index in [4.69, 9.17) is 9.47 Å². The number of hydrogen-bond acceptors (Lipinski definition) is 4. The van der Waals surface area contributed by atoms with Crippen LogP contribution in [0.25, 0.3) is 0 Å². The maximum Gasteiger partial charge on any atom is 0.284 e. The smallest absolute Gasteiger partial charge is 0.284 e. The molecule has 1 aliphatic rings. The molecule has 22 heavy (non-hydrogen) atoms. The molecular formula is C16H13FN2O3. The molecule has 1 atom stereocenters. The molecule has 0 saturated heterocycles. The number of nitrogens with one attached hydrogen (secondary N) is 1. The van der Waals surface area contributed by atoms with Crippen LogP contribution in [-0.2, 0) is 4.79 Å². The third-order valence-electron chi connectivity index (χ3n) is 3.08. The number of rotatable bonds is 3. The molecule has 0 unspecified atom stereocenters. The van der Waals surface area contributed by atoms with E-state index in [1.54, 1.807) is 36.4 Å². The van der Waals surface area contributed by atoms with E-state index in [1.165, 1.54) is 12.3 Å². The predicted molar refractivity (Wildman–Crippen MR) is 78.5 cm³/mol. The molecule has 1 N–H and O–H groups in total. The van der Waals surface area contributed by atoms with E-state index in [-0.39, 0.29) is 12.2 Å². The second kappa shape index (κ2) is 6.26. The number of para-hydroxylation sites is 2. The zero-order valence-electron chi connectivity index (χ0n) is 11.5. The van der Waals surface area contributed by atoms with Crippen molar-refractivity contribution < 1.29 is 18.7 Å². The Labute approximate surface area is 126 Å². The second-order valence-corrected chi connectivity index (χ2v) is 4.62. The van der Waals surface area contributed by atoms with Crippen LogP contribution in [0.3, 0.4) is 0 Å². The minimum atomic E-state index is -0.798. The van der Waals surface area contributed by atoms with Crippen LogP contribution in [0.5, 0.6) is 11.5 Å². The van der Waals surface area contributed by atoms with Crippen molar-refractivity contribution in [1.29, 1.82) is 0 Å². The van der Waals surface area contributed by atoms with Crippen molar-refractivity contribution in [1.82, 2.24) is 5.43 Å². The molecule has 0 spiro atoms. The average Bonchev–Trinajstić information content (AvgIpc) is 2.56. The first-order valence-electron chi connectivity index (χ1n) is 6.70. The van der Waals surface area contributed by atoms with Crippen LogP contribution in [0, 0.1) is 5.82 Å². The SMILES string of the molecule is O=C(N/N=C/c1ccccc1F)[C@H]1COc2ccccc2O1. The molecule has 5 nitrogen and oxygen atoms in total. The summed E-state index contributed by atoms with van der Waals surface area (Å²) in [6.07, 6.45) is 0.442. The number of carbonyl (C=O) groups excluding carboxylic acids is 1. The van der Waals surface area contributed by atoms with Gasteiger partial charge in [-0.3, -0.25) is 4.79 Å². The molecule has 1 aliphatic heterocycles. The number of halogens is 1. The highest BCUT2D eigenvalue weighted by molar-refractivity contribution is 5.85. The van der Waals surface area contributed by atoms with Gasteiger partial charge in [0.25, 0.3) is 5.91 Å². The van der Waals surface area contributed by atoms with Crippen LogP contribution in [-0.4, -0.2) is 24.8 Å². The summed E-state index contributed by atoms with van der Waals surface area (Å²) in [5.74, 6) is 0.238. The summed E-state index contributed by atoms with van der Waals surface area (Å²) in [5, 5.41) is 3.73. The Morgan fingerprint density at radius 1 is 1.18 bits per heavy atom. The number of amides is 1. The number of carbonyl (C=O) groups is 1. The molecule has 0 bridgehead atoms. The molecular weight excluding hydrogens is 287 g/mol. The Kier molecular flexibility index (Phi) is 4.00. The zero-order valence-corrected chi connectivity index (χ0v) is 11.5. The van der Waals surface area contributed by atoms with Gasteiger partial charge in [-0.15, -0.1) is 0 Å². The van der Waals surface area contributed by atoms with E-state index in [2.05, 4.69) is 10.5 Å². The molecule has 3 rings (SSSR count). The lowest BCUT2D eigenvalue weighted by Crippen LogP contribution is -2.42. The fraction of sp³-hybridized carbons (Fsp3) is 0.125. The summed E-state index contributed by atoms with van der Waals surface area (Å²) in [4.78, 5) is 12.0. The van der Waals surface area contributed by atoms with Gasteiger partial charge in [-0.2, -0.15) is 5.10 Å². The van der Waals surface area contributed by atoms with Gasteiger partial charge in [0.05, 0.1) is 6.21 Å². The Balaban J connectivity index is 1.60. The number of hydrazone groups is 1. The van der Waals surface area contributed by atoms with Gasteiger partial charge < -0.3 is 9.47 Å². The van der Waals surface area contributed by atoms with Gasteiger partial charge in [-0.05, 0) is 18.2 Å². The van der Waals surface area contributed by atoms with Gasteiger partial charge in [0.1, 0.15) is 12.4 Å². The number of benzene rings is 2. The summed E-state index contributed by atoms with van der Waals surface area (Å²) in [7, 11) is 0. The van der Waals surface area contributed by atoms with Crippen LogP contribution in [0.1, 0.15) is 5.56 Å². The van der Waals surface area contributed by atoms with E-state index in [9.17, 15) is 9.18 Å². The van der Waals surface area contributed by atoms with Crippen molar-refractivity contribution in [2.45, 2.75) is 6.10 Å². The number of nitrogens with zero attached hydrogens (tertiary/aromatic N) is 1. The monoisotopic (exact) mass is 300 g/mol. The first-order valence-corrected chi connectivity index (χ1v) is 6.70. The molecule has 112 valence electrons. The number of ether oxygens (including phenoxy) is 2. The molecule has 0 aromatic heterocycles. The Bertz CT molecular complexity index is 718. The molecule has 0 aliphatic carbocycles. The fourth-order valence-electron chi connectivity index (χ4n) is 1.97. The van der Waals surface area contributed by atoms with Crippen molar-refractivity contribution in [2.24, 2.45) is 5.10 Å². The molecule has 0 saturated carbocycles. The third kappa shape index (κ3) is 3.06. The standard InChI is InChI=1S/C16H13FN2O3/c17-12-6-2-1-5-11(12)9-18-19-16(20)15-10-21-13-7-3-4-8-14(13)22-15/h1-9,15H,10H2,(H,19,20)/b18-9+/t15-/m1/s1. The number of fused-ring (bicyclic) bond motifs is 1. The van der Waals surface area contributed by atoms with Crippen LogP contribution in [0.2, 0.25) is 0 Å². The highest BCUT2D eigenvalue weighted by atomic mass is 19.1. The molecule has 0 fully saturated rings. The van der Waals surface area contributed by atoms with E-state index < -0.39 is 17.8 Å². The quantitative estimate of drug-likeness (QED) is 0.697. The van der Waals surface area contributed by atoms with E-state index in [1.807, 2.05) is 6.07 Å². The minimum Gasteiger partial charge on any atom is -0.485 e. The highest BCUT2D eigenvalue weighted by Gasteiger charge is 2.26. The van der Waals surface area contributed by atoms with Crippen LogP contribution < -0.4 is 14.9 Å². The first-order chi connectivity index (χ1) is 10.7. The van der Waals surface area contributed by atoms with Crippen molar-refractivity contribution in [3.63, 3.8) is 0 Å². The lowest BCUT2D eigenvalue weighted by molar-refractivity contribution is -0.130. The lowest BCUT2D eigenvalue weighted by Gasteiger charge is -2.24. The third-order valence-corrected chi connectivity index (χ3v) is 3.08. The number of hydrogen-bond donors (Lipinski definition) is 1. The maximum absolute atomic E-state index is 13.4. The van der Waals surface area contributed by atoms with Gasteiger partial charge in [0.15, 0.2) is 11.5 Å².